The van der Waals surface area contributed by atoms with Crippen LogP contribution in [0.3, 0.4) is 0 Å². The lowest BCUT2D eigenvalue weighted by Crippen LogP contribution is -2.66. The number of carbonyl (C=O) groups excluding carboxylic acids is 1. The van der Waals surface area contributed by atoms with Crippen molar-refractivity contribution in [2.75, 3.05) is 13.1 Å². The quantitative estimate of drug-likeness (QED) is 0.776. The summed E-state index contributed by atoms with van der Waals surface area (Å²) in [4.78, 5) is 15.7. The lowest BCUT2D eigenvalue weighted by Gasteiger charge is -2.57. The molecule has 5 nitrogen and oxygen atoms in total. The Balaban J connectivity index is 1.34. The van der Waals surface area contributed by atoms with E-state index >= 15 is 0 Å². The normalized spacial score (nSPS) is 32.4. The van der Waals surface area contributed by atoms with E-state index in [9.17, 15) is 9.90 Å². The number of benzene rings is 2. The molecule has 5 aliphatic rings. The second kappa shape index (κ2) is 6.74. The molecule has 1 N–H and O–H groups in total. The summed E-state index contributed by atoms with van der Waals surface area (Å²) in [5, 5.41) is 10.9. The van der Waals surface area contributed by atoms with Crippen molar-refractivity contribution in [1.29, 1.82) is 0 Å². The van der Waals surface area contributed by atoms with E-state index in [1.165, 1.54) is 19.4 Å². The molecule has 0 amide bonds. The summed E-state index contributed by atoms with van der Waals surface area (Å²) >= 11 is 0. The second-order valence-electron chi connectivity index (χ2n) is 10.5. The number of carbonyl (C=O) groups is 1. The number of hydrogen-bond acceptors (Lipinski definition) is 5. The second-order valence-corrected chi connectivity index (χ2v) is 10.5. The molecular weight excluding hydrogens is 402 g/mol. The average Bonchev–Trinajstić information content (AvgIpc) is 3.55. The van der Waals surface area contributed by atoms with Crippen molar-refractivity contribution in [3.8, 4) is 17.2 Å². The molecule has 7 rings (SSSR count). The number of ketones is 1. The third-order valence-electron chi connectivity index (χ3n) is 8.74. The van der Waals surface area contributed by atoms with Crippen LogP contribution in [0, 0.1) is 11.8 Å². The molecule has 166 valence electrons. The summed E-state index contributed by atoms with van der Waals surface area (Å²) in [6.07, 6.45) is 5.61. The van der Waals surface area contributed by atoms with Crippen molar-refractivity contribution in [2.24, 2.45) is 11.8 Å². The van der Waals surface area contributed by atoms with Crippen LogP contribution < -0.4 is 9.47 Å². The van der Waals surface area contributed by atoms with Gasteiger partial charge in [0.05, 0.1) is 0 Å². The Kier molecular flexibility index (Phi) is 4.00. The van der Waals surface area contributed by atoms with Gasteiger partial charge in [0.25, 0.3) is 0 Å². The predicted octanol–water partition coefficient (Wildman–Crippen LogP) is 3.99. The van der Waals surface area contributed by atoms with Crippen molar-refractivity contribution < 1.29 is 19.4 Å². The van der Waals surface area contributed by atoms with Crippen LogP contribution in [0.25, 0.3) is 0 Å². The molecule has 1 saturated heterocycles. The number of ether oxygens (including phenoxy) is 2. The van der Waals surface area contributed by atoms with E-state index < -0.39 is 6.10 Å². The molecule has 1 spiro atoms. The van der Waals surface area contributed by atoms with Crippen LogP contribution in [0.4, 0.5) is 0 Å². The highest BCUT2D eigenvalue weighted by Gasteiger charge is 2.66. The van der Waals surface area contributed by atoms with Crippen molar-refractivity contribution in [1.82, 2.24) is 4.90 Å². The van der Waals surface area contributed by atoms with E-state index in [4.69, 9.17) is 9.47 Å². The maximum atomic E-state index is 13.0. The van der Waals surface area contributed by atoms with Gasteiger partial charge in [-0.3, -0.25) is 9.69 Å². The van der Waals surface area contributed by atoms with Crippen molar-refractivity contribution in [2.45, 2.75) is 62.7 Å². The van der Waals surface area contributed by atoms with E-state index in [2.05, 4.69) is 17.0 Å². The first-order valence-electron chi connectivity index (χ1n) is 12.1. The average molecular weight is 432 g/mol. The monoisotopic (exact) mass is 431 g/mol. The van der Waals surface area contributed by atoms with Crippen molar-refractivity contribution in [3.05, 3.63) is 53.1 Å². The number of aromatic hydroxyl groups is 1. The minimum absolute atomic E-state index is 0.112. The molecule has 3 fully saturated rings. The zero-order chi connectivity index (χ0) is 21.4. The first-order chi connectivity index (χ1) is 15.6. The molecular formula is C27H29NO4. The summed E-state index contributed by atoms with van der Waals surface area (Å²) < 4.78 is 12.6. The molecule has 4 atom stereocenters. The fourth-order valence-corrected chi connectivity index (χ4v) is 7.18. The highest BCUT2D eigenvalue weighted by atomic mass is 16.5. The molecule has 2 bridgehead atoms. The summed E-state index contributed by atoms with van der Waals surface area (Å²) in [7, 11) is 0. The van der Waals surface area contributed by atoms with Crippen LogP contribution in [0.15, 0.2) is 36.4 Å². The molecule has 32 heavy (non-hydrogen) atoms. The van der Waals surface area contributed by atoms with Crippen molar-refractivity contribution in [3.63, 3.8) is 0 Å². The predicted molar refractivity (Wildman–Crippen MR) is 119 cm³/mol. The maximum absolute atomic E-state index is 13.0. The number of phenols is 1. The van der Waals surface area contributed by atoms with Gasteiger partial charge in [0.2, 0.25) is 0 Å². The molecule has 0 aromatic heterocycles. The Morgan fingerprint density at radius 1 is 1.19 bits per heavy atom. The fourth-order valence-electron chi connectivity index (χ4n) is 7.18. The zero-order valence-corrected chi connectivity index (χ0v) is 18.3. The van der Waals surface area contributed by atoms with Gasteiger partial charge >= 0.3 is 0 Å². The SMILES string of the molecule is O=C1CC[C@H]2[C@H]3Cc4c(OCc5ccccc5)cc(O)c5c4[C@@]2(CCN3CC2CC2)[C@H]1O5. The molecule has 2 aromatic rings. The Morgan fingerprint density at radius 2 is 2.03 bits per heavy atom. The van der Waals surface area contributed by atoms with E-state index in [0.29, 0.717) is 30.7 Å². The van der Waals surface area contributed by atoms with Crippen molar-refractivity contribution >= 4 is 5.78 Å². The molecule has 0 radical (unpaired) electrons. The summed E-state index contributed by atoms with van der Waals surface area (Å²) in [6, 6.07) is 12.3. The largest absolute Gasteiger partial charge is 0.504 e. The lowest BCUT2D eigenvalue weighted by atomic mass is 9.51. The van der Waals surface area contributed by atoms with Gasteiger partial charge in [-0.05, 0) is 56.0 Å². The molecule has 0 unspecified atom stereocenters. The maximum Gasteiger partial charge on any atom is 0.174 e. The van der Waals surface area contributed by atoms with Gasteiger partial charge < -0.3 is 14.6 Å². The van der Waals surface area contributed by atoms with Gasteiger partial charge in [0.1, 0.15) is 12.4 Å². The number of Topliss-reactive ketones (excluding diaryl/α,β-unsaturated/α-hetero) is 1. The number of piperidine rings is 1. The van der Waals surface area contributed by atoms with Crippen LogP contribution in [-0.2, 0) is 23.2 Å². The Labute approximate surface area is 188 Å². The van der Waals surface area contributed by atoms with Gasteiger partial charge in [0, 0.05) is 41.6 Å². The van der Waals surface area contributed by atoms with E-state index in [-0.39, 0.29) is 16.9 Å². The summed E-state index contributed by atoms with van der Waals surface area (Å²) in [6.45, 7) is 2.65. The lowest BCUT2D eigenvalue weighted by molar-refractivity contribution is -0.138. The van der Waals surface area contributed by atoms with Crippen LogP contribution in [-0.4, -0.2) is 41.0 Å². The first-order valence-corrected chi connectivity index (χ1v) is 12.1. The molecule has 3 aliphatic carbocycles. The van der Waals surface area contributed by atoms with E-state index in [0.717, 1.165) is 54.2 Å². The fraction of sp³-hybridized carbons (Fsp3) is 0.519. The number of likely N-dealkylation sites (tertiary alicyclic amines) is 1. The van der Waals surface area contributed by atoms with E-state index in [1.54, 1.807) is 6.07 Å². The number of rotatable bonds is 5. The summed E-state index contributed by atoms with van der Waals surface area (Å²) in [5.74, 6) is 2.87. The highest BCUT2D eigenvalue weighted by molar-refractivity contribution is 5.89. The highest BCUT2D eigenvalue weighted by Crippen LogP contribution is 2.64. The number of phenolic OH excluding ortho intramolecular Hbond substituents is 1. The van der Waals surface area contributed by atoms with Gasteiger partial charge in [-0.2, -0.15) is 0 Å². The van der Waals surface area contributed by atoms with Gasteiger partial charge in [-0.1, -0.05) is 30.3 Å². The number of hydrogen-bond donors (Lipinski definition) is 1. The Morgan fingerprint density at radius 3 is 2.84 bits per heavy atom. The third kappa shape index (κ3) is 2.57. The van der Waals surface area contributed by atoms with Gasteiger partial charge in [-0.25, -0.2) is 0 Å². The Hall–Kier alpha value is -2.53. The third-order valence-corrected chi connectivity index (χ3v) is 8.74. The van der Waals surface area contributed by atoms with Crippen LogP contribution in [0.2, 0.25) is 0 Å². The van der Waals surface area contributed by atoms with Gasteiger partial charge in [-0.15, -0.1) is 0 Å². The molecule has 2 heterocycles. The Bertz CT molecular complexity index is 1090. The van der Waals surface area contributed by atoms with Gasteiger partial charge in [0.15, 0.2) is 23.4 Å². The zero-order valence-electron chi connectivity index (χ0n) is 18.3. The smallest absolute Gasteiger partial charge is 0.174 e. The van der Waals surface area contributed by atoms with Crippen LogP contribution in [0.1, 0.15) is 48.8 Å². The summed E-state index contributed by atoms with van der Waals surface area (Å²) in [5.41, 5.74) is 3.05. The molecule has 2 saturated carbocycles. The standard InChI is InChI=1S/C27H29NO4/c29-21-9-8-19-20-12-18-23(31-15-17-4-2-1-3-5-17)13-22(30)25-24(18)27(19,26(21)32-25)10-11-28(20)14-16-6-7-16/h1-5,13,16,19-20,26,30H,6-12,14-15H2/t19-,20+,26-,27-/m0/s1. The van der Waals surface area contributed by atoms with Crippen LogP contribution in [0.5, 0.6) is 17.2 Å². The van der Waals surface area contributed by atoms with Crippen LogP contribution >= 0.6 is 0 Å². The minimum atomic E-state index is -0.448. The number of nitrogens with zero attached hydrogens (tertiary/aromatic N) is 1. The molecule has 2 aliphatic heterocycles. The first kappa shape index (κ1) is 19.0. The topological polar surface area (TPSA) is 59.0 Å². The molecule has 5 heteroatoms. The molecule has 2 aromatic carbocycles. The van der Waals surface area contributed by atoms with E-state index in [1.807, 2.05) is 18.2 Å². The minimum Gasteiger partial charge on any atom is -0.504 e.